The Morgan fingerprint density at radius 2 is 1.73 bits per heavy atom. The maximum atomic E-state index is 13.6. The molecule has 0 saturated heterocycles. The molecule has 0 fully saturated rings. The van der Waals surface area contributed by atoms with Crippen LogP contribution in [0.3, 0.4) is 0 Å². The largest absolute Gasteiger partial charge is 0.493 e. The van der Waals surface area contributed by atoms with Crippen molar-refractivity contribution in [2.45, 2.75) is 42.7 Å². The van der Waals surface area contributed by atoms with E-state index in [4.69, 9.17) is 4.74 Å². The highest BCUT2D eigenvalue weighted by molar-refractivity contribution is 7.91. The first-order valence-corrected chi connectivity index (χ1v) is 13.2. The molecular formula is C27H26FN3O5S. The van der Waals surface area contributed by atoms with Crippen LogP contribution in [-0.4, -0.2) is 34.7 Å². The van der Waals surface area contributed by atoms with Crippen LogP contribution in [-0.2, 0) is 21.2 Å². The van der Waals surface area contributed by atoms with Crippen molar-refractivity contribution in [1.82, 2.24) is 14.5 Å². The molecule has 2 aromatic heterocycles. The molecule has 37 heavy (non-hydrogen) atoms. The SMILES string of the molecule is CCOCc1nc(=O)c(S(=O)(=O)c2ccc(-c3cncc(F)c3)cc2)c(O)n1[C@@H](CC)c1ccccc1. The molecular weight excluding hydrogens is 497 g/mol. The van der Waals surface area contributed by atoms with Crippen LogP contribution in [0.1, 0.15) is 37.7 Å². The number of aromatic hydroxyl groups is 1. The fourth-order valence-corrected chi connectivity index (χ4v) is 5.51. The van der Waals surface area contributed by atoms with Gasteiger partial charge < -0.3 is 9.84 Å². The Balaban J connectivity index is 1.85. The van der Waals surface area contributed by atoms with Crippen LogP contribution in [0.4, 0.5) is 4.39 Å². The summed E-state index contributed by atoms with van der Waals surface area (Å²) in [5, 5.41) is 11.3. The molecule has 1 N–H and O–H groups in total. The molecule has 192 valence electrons. The van der Waals surface area contributed by atoms with E-state index >= 15 is 0 Å². The van der Waals surface area contributed by atoms with Gasteiger partial charge in [0, 0.05) is 18.4 Å². The topological polar surface area (TPSA) is 111 Å². The number of nitrogens with zero attached hydrogens (tertiary/aromatic N) is 3. The van der Waals surface area contributed by atoms with Crippen LogP contribution >= 0.6 is 0 Å². The lowest BCUT2D eigenvalue weighted by Gasteiger charge is -2.25. The van der Waals surface area contributed by atoms with Crippen molar-refractivity contribution in [2.75, 3.05) is 6.61 Å². The van der Waals surface area contributed by atoms with E-state index in [-0.39, 0.29) is 17.3 Å². The Bertz CT molecular complexity index is 1560. The number of hydrogen-bond acceptors (Lipinski definition) is 7. The lowest BCUT2D eigenvalue weighted by atomic mass is 10.0. The molecule has 0 aliphatic heterocycles. The van der Waals surface area contributed by atoms with Crippen molar-refractivity contribution in [1.29, 1.82) is 0 Å². The van der Waals surface area contributed by atoms with Crippen LogP contribution in [0.25, 0.3) is 11.1 Å². The first-order valence-electron chi connectivity index (χ1n) is 11.7. The van der Waals surface area contributed by atoms with Crippen molar-refractivity contribution in [2.24, 2.45) is 0 Å². The normalized spacial score (nSPS) is 12.4. The number of aromatic nitrogens is 3. The first-order chi connectivity index (χ1) is 17.8. The molecule has 0 radical (unpaired) electrons. The van der Waals surface area contributed by atoms with Gasteiger partial charge in [-0.15, -0.1) is 0 Å². The summed E-state index contributed by atoms with van der Waals surface area (Å²) in [6, 6.07) is 15.5. The second-order valence-corrected chi connectivity index (χ2v) is 10.1. The minimum atomic E-state index is -4.47. The monoisotopic (exact) mass is 523 g/mol. The molecule has 0 amide bonds. The Morgan fingerprint density at radius 1 is 1.03 bits per heavy atom. The molecule has 4 rings (SSSR count). The zero-order valence-corrected chi connectivity index (χ0v) is 21.2. The summed E-state index contributed by atoms with van der Waals surface area (Å²) in [5.74, 6) is -1.11. The smallest absolute Gasteiger partial charge is 0.296 e. The molecule has 8 nitrogen and oxygen atoms in total. The molecule has 0 unspecified atom stereocenters. The number of rotatable bonds is 9. The summed E-state index contributed by atoms with van der Waals surface area (Å²) in [5.41, 5.74) is 0.724. The Labute approximate surface area is 214 Å². The number of pyridine rings is 1. The third-order valence-electron chi connectivity index (χ3n) is 5.92. The van der Waals surface area contributed by atoms with Crippen molar-refractivity contribution < 1.29 is 22.7 Å². The number of hydrogen-bond donors (Lipinski definition) is 1. The molecule has 0 spiro atoms. The predicted molar refractivity (Wildman–Crippen MR) is 135 cm³/mol. The molecule has 0 aliphatic rings. The third-order valence-corrected chi connectivity index (χ3v) is 7.71. The summed E-state index contributed by atoms with van der Waals surface area (Å²) in [7, 11) is -4.47. The standard InChI is InChI=1S/C27H26FN3O5S/c1-3-23(19-8-6-5-7-9-19)31-24(17-36-4-2)30-26(32)25(27(31)33)37(34,35)22-12-10-18(11-13-22)20-14-21(28)16-29-15-20/h5-16,23,33H,3-4,17H2,1-2H3/t23-/m0/s1. The molecule has 10 heteroatoms. The quantitative estimate of drug-likeness (QED) is 0.343. The zero-order chi connectivity index (χ0) is 26.6. The van der Waals surface area contributed by atoms with Crippen LogP contribution in [0.2, 0.25) is 0 Å². The minimum absolute atomic E-state index is 0.0840. The average molecular weight is 524 g/mol. The summed E-state index contributed by atoms with van der Waals surface area (Å²) in [6.45, 7) is 3.92. The van der Waals surface area contributed by atoms with Gasteiger partial charge in [0.05, 0.1) is 17.1 Å². The van der Waals surface area contributed by atoms with Gasteiger partial charge in [-0.2, -0.15) is 4.98 Å². The van der Waals surface area contributed by atoms with Gasteiger partial charge in [-0.1, -0.05) is 49.4 Å². The van der Waals surface area contributed by atoms with Gasteiger partial charge in [-0.05, 0) is 42.7 Å². The molecule has 2 aromatic carbocycles. The van der Waals surface area contributed by atoms with Crippen LogP contribution in [0.5, 0.6) is 5.88 Å². The Kier molecular flexibility index (Phi) is 7.80. The van der Waals surface area contributed by atoms with E-state index in [1.807, 2.05) is 37.3 Å². The van der Waals surface area contributed by atoms with E-state index in [9.17, 15) is 22.7 Å². The van der Waals surface area contributed by atoms with E-state index in [1.54, 1.807) is 6.92 Å². The number of halogens is 1. The number of sulfone groups is 1. The Hall–Kier alpha value is -3.89. The fraction of sp³-hybridized carbons (Fsp3) is 0.222. The van der Waals surface area contributed by atoms with Gasteiger partial charge >= 0.3 is 0 Å². The van der Waals surface area contributed by atoms with Crippen LogP contribution in [0.15, 0.2) is 87.6 Å². The zero-order valence-electron chi connectivity index (χ0n) is 20.3. The number of benzene rings is 2. The van der Waals surface area contributed by atoms with Crippen molar-refractivity contribution in [3.05, 3.63) is 101 Å². The van der Waals surface area contributed by atoms with Crippen molar-refractivity contribution in [3.8, 4) is 17.0 Å². The summed E-state index contributed by atoms with van der Waals surface area (Å²) >= 11 is 0. The van der Waals surface area contributed by atoms with E-state index < -0.39 is 38.0 Å². The molecule has 0 saturated carbocycles. The highest BCUT2D eigenvalue weighted by Gasteiger charge is 2.32. The molecule has 2 heterocycles. The highest BCUT2D eigenvalue weighted by atomic mass is 32.2. The highest BCUT2D eigenvalue weighted by Crippen LogP contribution is 2.33. The maximum Gasteiger partial charge on any atom is 0.296 e. The molecule has 0 bridgehead atoms. The van der Waals surface area contributed by atoms with E-state index in [0.717, 1.165) is 11.8 Å². The predicted octanol–water partition coefficient (Wildman–Crippen LogP) is 4.52. The van der Waals surface area contributed by atoms with E-state index in [0.29, 0.717) is 24.2 Å². The van der Waals surface area contributed by atoms with Gasteiger partial charge in [0.15, 0.2) is 4.90 Å². The molecule has 1 atom stereocenters. The average Bonchev–Trinajstić information content (AvgIpc) is 2.89. The van der Waals surface area contributed by atoms with E-state index in [1.165, 1.54) is 41.1 Å². The van der Waals surface area contributed by atoms with Crippen LogP contribution in [0, 0.1) is 5.82 Å². The maximum absolute atomic E-state index is 13.6. The first kappa shape index (κ1) is 26.2. The van der Waals surface area contributed by atoms with Crippen LogP contribution < -0.4 is 5.56 Å². The fourth-order valence-electron chi connectivity index (χ4n) is 4.16. The van der Waals surface area contributed by atoms with Gasteiger partial charge in [0.25, 0.3) is 5.56 Å². The lowest BCUT2D eigenvalue weighted by molar-refractivity contribution is 0.121. The number of ether oxygens (including phenoxy) is 1. The van der Waals surface area contributed by atoms with Gasteiger partial charge in [-0.25, -0.2) is 12.8 Å². The van der Waals surface area contributed by atoms with Gasteiger partial charge in [0.1, 0.15) is 18.2 Å². The van der Waals surface area contributed by atoms with Gasteiger partial charge in [0.2, 0.25) is 15.7 Å². The molecule has 0 aliphatic carbocycles. The summed E-state index contributed by atoms with van der Waals surface area (Å²) in [6.07, 6.45) is 3.00. The summed E-state index contributed by atoms with van der Waals surface area (Å²) in [4.78, 5) is 19.8. The third kappa shape index (κ3) is 5.30. The van der Waals surface area contributed by atoms with Crippen molar-refractivity contribution in [3.63, 3.8) is 0 Å². The Morgan fingerprint density at radius 3 is 2.35 bits per heavy atom. The van der Waals surface area contributed by atoms with Gasteiger partial charge in [-0.3, -0.25) is 14.3 Å². The second kappa shape index (κ2) is 11.0. The van der Waals surface area contributed by atoms with Crippen molar-refractivity contribution >= 4 is 9.84 Å². The molecule has 4 aromatic rings. The summed E-state index contributed by atoms with van der Waals surface area (Å²) < 4.78 is 47.5. The second-order valence-electron chi connectivity index (χ2n) is 8.25. The van der Waals surface area contributed by atoms with E-state index in [2.05, 4.69) is 9.97 Å². The minimum Gasteiger partial charge on any atom is -0.493 e. The lowest BCUT2D eigenvalue weighted by Crippen LogP contribution is -2.28.